The number of carbonyl (C=O) groups excluding carboxylic acids is 1. The van der Waals surface area contributed by atoms with Gasteiger partial charge in [0, 0.05) is 19.6 Å². The highest BCUT2D eigenvalue weighted by atomic mass is 16.4. The van der Waals surface area contributed by atoms with Crippen molar-refractivity contribution in [2.45, 2.75) is 34.1 Å². The summed E-state index contributed by atoms with van der Waals surface area (Å²) < 4.78 is 0. The zero-order valence-corrected chi connectivity index (χ0v) is 12.8. The van der Waals surface area contributed by atoms with Crippen LogP contribution in [-0.4, -0.2) is 60.0 Å². The predicted molar refractivity (Wildman–Crippen MR) is 76.0 cm³/mol. The second kappa shape index (κ2) is 8.91. The molecule has 0 unspecified atom stereocenters. The predicted octanol–water partition coefficient (Wildman–Crippen LogP) is 1.53. The summed E-state index contributed by atoms with van der Waals surface area (Å²) in [5, 5.41) is 8.62. The smallest absolute Gasteiger partial charge is 0.304 e. The van der Waals surface area contributed by atoms with Gasteiger partial charge in [-0.1, -0.05) is 27.7 Å². The topological polar surface area (TPSA) is 60.9 Å². The standard InChI is InChI=1S/C14H28N2O3/c1-11(2)8-16(9-12(3)4)13(17)10-15(5)7-6-14(18)19/h11-12H,6-10H2,1-5H3,(H,18,19). The Labute approximate surface area is 116 Å². The highest BCUT2D eigenvalue weighted by molar-refractivity contribution is 5.78. The van der Waals surface area contributed by atoms with Gasteiger partial charge in [0.15, 0.2) is 0 Å². The Kier molecular flexibility index (Phi) is 8.39. The third kappa shape index (κ3) is 9.47. The number of carbonyl (C=O) groups is 2. The van der Waals surface area contributed by atoms with Gasteiger partial charge in [-0.2, -0.15) is 0 Å². The third-order valence-electron chi connectivity index (χ3n) is 2.64. The molecule has 0 aliphatic rings. The van der Waals surface area contributed by atoms with Crippen molar-refractivity contribution in [3.05, 3.63) is 0 Å². The lowest BCUT2D eigenvalue weighted by molar-refractivity contribution is -0.138. The molecule has 0 aliphatic heterocycles. The minimum atomic E-state index is -0.833. The lowest BCUT2D eigenvalue weighted by atomic mass is 10.1. The van der Waals surface area contributed by atoms with Crippen molar-refractivity contribution in [2.75, 3.05) is 33.2 Å². The Morgan fingerprint density at radius 2 is 1.53 bits per heavy atom. The molecule has 1 amide bonds. The largest absolute Gasteiger partial charge is 0.481 e. The van der Waals surface area contributed by atoms with Gasteiger partial charge in [0.2, 0.25) is 5.91 Å². The molecule has 0 spiro atoms. The molecule has 0 heterocycles. The molecule has 0 aromatic heterocycles. The molecule has 0 bridgehead atoms. The lowest BCUT2D eigenvalue weighted by Crippen LogP contribution is -2.42. The number of hydrogen-bond acceptors (Lipinski definition) is 3. The second-order valence-electron chi connectivity index (χ2n) is 5.97. The number of likely N-dealkylation sites (N-methyl/N-ethyl adjacent to an activating group) is 1. The molecule has 0 aromatic rings. The first kappa shape index (κ1) is 17.9. The van der Waals surface area contributed by atoms with E-state index >= 15 is 0 Å². The van der Waals surface area contributed by atoms with Crippen LogP contribution in [0.15, 0.2) is 0 Å². The number of hydrogen-bond donors (Lipinski definition) is 1. The summed E-state index contributed by atoms with van der Waals surface area (Å²) in [6.07, 6.45) is 0.0676. The van der Waals surface area contributed by atoms with Crippen molar-refractivity contribution in [1.82, 2.24) is 9.80 Å². The maximum Gasteiger partial charge on any atom is 0.304 e. The number of nitrogens with zero attached hydrogens (tertiary/aromatic N) is 2. The van der Waals surface area contributed by atoms with Gasteiger partial charge in [-0.3, -0.25) is 14.5 Å². The van der Waals surface area contributed by atoms with E-state index in [9.17, 15) is 9.59 Å². The van der Waals surface area contributed by atoms with E-state index < -0.39 is 5.97 Å². The fourth-order valence-corrected chi connectivity index (χ4v) is 1.86. The Hall–Kier alpha value is -1.10. The summed E-state index contributed by atoms with van der Waals surface area (Å²) in [5.41, 5.74) is 0. The van der Waals surface area contributed by atoms with Gasteiger partial charge in [0.1, 0.15) is 0 Å². The Morgan fingerprint density at radius 1 is 1.05 bits per heavy atom. The van der Waals surface area contributed by atoms with Crippen LogP contribution >= 0.6 is 0 Å². The van der Waals surface area contributed by atoms with E-state index in [0.717, 1.165) is 13.1 Å². The molecule has 5 heteroatoms. The molecule has 0 saturated carbocycles. The molecule has 0 fully saturated rings. The number of aliphatic carboxylic acids is 1. The first-order valence-corrected chi connectivity index (χ1v) is 6.90. The first-order valence-electron chi connectivity index (χ1n) is 6.90. The van der Waals surface area contributed by atoms with Crippen LogP contribution in [0.4, 0.5) is 0 Å². The molecule has 112 valence electrons. The number of carboxylic acids is 1. The van der Waals surface area contributed by atoms with E-state index in [2.05, 4.69) is 27.7 Å². The molecule has 0 radical (unpaired) electrons. The van der Waals surface area contributed by atoms with Gasteiger partial charge in [0.05, 0.1) is 13.0 Å². The molecule has 0 aliphatic carbocycles. The summed E-state index contributed by atoms with van der Waals surface area (Å²) >= 11 is 0. The summed E-state index contributed by atoms with van der Waals surface area (Å²) in [6, 6.07) is 0. The summed E-state index contributed by atoms with van der Waals surface area (Å²) in [6.45, 7) is 10.6. The van der Waals surface area contributed by atoms with Gasteiger partial charge in [0.25, 0.3) is 0 Å². The number of rotatable bonds is 9. The zero-order valence-electron chi connectivity index (χ0n) is 12.8. The van der Waals surface area contributed by atoms with E-state index in [0.29, 0.717) is 18.4 Å². The summed E-state index contributed by atoms with van der Waals surface area (Å²) in [4.78, 5) is 26.3. The van der Waals surface area contributed by atoms with Crippen LogP contribution < -0.4 is 0 Å². The average molecular weight is 272 g/mol. The highest BCUT2D eigenvalue weighted by Gasteiger charge is 2.17. The van der Waals surface area contributed by atoms with Crippen LogP contribution in [-0.2, 0) is 9.59 Å². The quantitative estimate of drug-likeness (QED) is 0.691. The van der Waals surface area contributed by atoms with Crippen molar-refractivity contribution < 1.29 is 14.7 Å². The minimum Gasteiger partial charge on any atom is -0.481 e. The second-order valence-corrected chi connectivity index (χ2v) is 5.97. The average Bonchev–Trinajstić information content (AvgIpc) is 2.24. The number of carboxylic acid groups (broad SMARTS) is 1. The van der Waals surface area contributed by atoms with Crippen molar-refractivity contribution in [3.8, 4) is 0 Å². The van der Waals surface area contributed by atoms with E-state index in [1.807, 2.05) is 4.90 Å². The maximum absolute atomic E-state index is 12.2. The molecule has 0 rings (SSSR count). The highest BCUT2D eigenvalue weighted by Crippen LogP contribution is 2.05. The fraction of sp³-hybridized carbons (Fsp3) is 0.857. The van der Waals surface area contributed by atoms with Crippen LogP contribution in [0.2, 0.25) is 0 Å². The first-order chi connectivity index (χ1) is 8.72. The van der Waals surface area contributed by atoms with Crippen LogP contribution in [0, 0.1) is 11.8 Å². The molecule has 0 atom stereocenters. The van der Waals surface area contributed by atoms with Crippen molar-refractivity contribution in [3.63, 3.8) is 0 Å². The van der Waals surface area contributed by atoms with Crippen LogP contribution in [0.25, 0.3) is 0 Å². The monoisotopic (exact) mass is 272 g/mol. The van der Waals surface area contributed by atoms with Crippen LogP contribution in [0.1, 0.15) is 34.1 Å². The van der Waals surface area contributed by atoms with Gasteiger partial charge in [-0.15, -0.1) is 0 Å². The van der Waals surface area contributed by atoms with Crippen molar-refractivity contribution in [2.24, 2.45) is 11.8 Å². The van der Waals surface area contributed by atoms with Gasteiger partial charge in [-0.25, -0.2) is 0 Å². The van der Waals surface area contributed by atoms with Crippen molar-refractivity contribution >= 4 is 11.9 Å². The van der Waals surface area contributed by atoms with E-state index in [-0.39, 0.29) is 18.9 Å². The molecule has 0 aromatic carbocycles. The molecule has 5 nitrogen and oxygen atoms in total. The number of amides is 1. The SMILES string of the molecule is CC(C)CN(CC(C)C)C(=O)CN(C)CCC(=O)O. The van der Waals surface area contributed by atoms with Crippen LogP contribution in [0.3, 0.4) is 0 Å². The third-order valence-corrected chi connectivity index (χ3v) is 2.64. The maximum atomic E-state index is 12.2. The molecule has 1 N–H and O–H groups in total. The fourth-order valence-electron chi connectivity index (χ4n) is 1.86. The molecule has 0 saturated heterocycles. The minimum absolute atomic E-state index is 0.0676. The summed E-state index contributed by atoms with van der Waals surface area (Å²) in [7, 11) is 1.78. The normalized spacial score (nSPS) is 11.4. The lowest BCUT2D eigenvalue weighted by Gasteiger charge is -2.28. The molecule has 19 heavy (non-hydrogen) atoms. The molecular weight excluding hydrogens is 244 g/mol. The van der Waals surface area contributed by atoms with E-state index in [1.54, 1.807) is 11.9 Å². The zero-order chi connectivity index (χ0) is 15.0. The van der Waals surface area contributed by atoms with Gasteiger partial charge < -0.3 is 10.0 Å². The van der Waals surface area contributed by atoms with E-state index in [4.69, 9.17) is 5.11 Å². The Balaban J connectivity index is 4.33. The van der Waals surface area contributed by atoms with Gasteiger partial charge in [-0.05, 0) is 18.9 Å². The molecular formula is C14H28N2O3. The van der Waals surface area contributed by atoms with Crippen molar-refractivity contribution in [1.29, 1.82) is 0 Å². The van der Waals surface area contributed by atoms with Gasteiger partial charge >= 0.3 is 5.97 Å². The summed E-state index contributed by atoms with van der Waals surface area (Å²) in [5.74, 6) is 0.120. The van der Waals surface area contributed by atoms with Crippen LogP contribution in [0.5, 0.6) is 0 Å². The van der Waals surface area contributed by atoms with E-state index in [1.165, 1.54) is 0 Å². The Bertz CT molecular complexity index is 280. The Morgan fingerprint density at radius 3 is 1.89 bits per heavy atom.